The molecule has 3 rings (SSSR count). The van der Waals surface area contributed by atoms with Crippen molar-refractivity contribution in [2.75, 3.05) is 51.1 Å². The van der Waals surface area contributed by atoms with Crippen molar-refractivity contribution in [3.8, 4) is 0 Å². The summed E-state index contributed by atoms with van der Waals surface area (Å²) in [6.45, 7) is 10.4. The van der Waals surface area contributed by atoms with Gasteiger partial charge in [0.25, 0.3) is 0 Å². The molecule has 2 aliphatic rings. The number of nitrogens with one attached hydrogen (secondary N) is 2. The van der Waals surface area contributed by atoms with Crippen LogP contribution in [-0.2, 0) is 4.79 Å². The fraction of sp³-hybridized carbons (Fsp3) is 0.600. The standard InChI is InChI=1S/C20H29F2N5O2/c1-20(2,3)27-7-6-23-17(13-27)18(28)25-8-10-26(11-9-25)19(29)24-14-4-5-15(21)16(22)12-14/h4-5,12,17,23H,6-11,13H2,1-3H3,(H,24,29)/t17-/m1/s1. The van der Waals surface area contributed by atoms with Gasteiger partial charge in [-0.1, -0.05) is 0 Å². The van der Waals surface area contributed by atoms with E-state index in [1.165, 1.54) is 6.07 Å². The molecule has 160 valence electrons. The van der Waals surface area contributed by atoms with E-state index in [1.54, 1.807) is 9.80 Å². The molecule has 0 saturated carbocycles. The lowest BCUT2D eigenvalue weighted by atomic mass is 10.0. The zero-order chi connectivity index (χ0) is 21.2. The van der Waals surface area contributed by atoms with E-state index in [9.17, 15) is 18.4 Å². The number of amides is 3. The maximum atomic E-state index is 13.3. The molecule has 0 aromatic heterocycles. The van der Waals surface area contributed by atoms with Crippen LogP contribution in [-0.4, -0.2) is 84.0 Å². The van der Waals surface area contributed by atoms with Crippen molar-refractivity contribution in [1.82, 2.24) is 20.0 Å². The number of hydrogen-bond acceptors (Lipinski definition) is 4. The molecule has 2 aliphatic heterocycles. The third-order valence-corrected chi connectivity index (χ3v) is 5.47. The first kappa shape index (κ1) is 21.4. The summed E-state index contributed by atoms with van der Waals surface area (Å²) in [7, 11) is 0. The molecular formula is C20H29F2N5O2. The summed E-state index contributed by atoms with van der Waals surface area (Å²) < 4.78 is 26.3. The molecule has 0 bridgehead atoms. The highest BCUT2D eigenvalue weighted by atomic mass is 19.2. The molecule has 0 spiro atoms. The van der Waals surface area contributed by atoms with Gasteiger partial charge in [0.1, 0.15) is 0 Å². The molecule has 29 heavy (non-hydrogen) atoms. The monoisotopic (exact) mass is 409 g/mol. The van der Waals surface area contributed by atoms with Crippen molar-refractivity contribution in [3.63, 3.8) is 0 Å². The summed E-state index contributed by atoms with van der Waals surface area (Å²) in [6, 6.07) is 2.59. The molecule has 0 unspecified atom stereocenters. The number of piperazine rings is 2. The van der Waals surface area contributed by atoms with Crippen LogP contribution in [0.3, 0.4) is 0 Å². The maximum absolute atomic E-state index is 13.3. The van der Waals surface area contributed by atoms with Crippen molar-refractivity contribution in [2.24, 2.45) is 0 Å². The van der Waals surface area contributed by atoms with Crippen LogP contribution in [0.5, 0.6) is 0 Å². The van der Waals surface area contributed by atoms with E-state index in [0.29, 0.717) is 32.7 Å². The molecule has 2 fully saturated rings. The van der Waals surface area contributed by atoms with Gasteiger partial charge in [0.2, 0.25) is 5.91 Å². The van der Waals surface area contributed by atoms with Crippen molar-refractivity contribution in [2.45, 2.75) is 32.4 Å². The van der Waals surface area contributed by atoms with E-state index in [4.69, 9.17) is 0 Å². The predicted octanol–water partition coefficient (Wildman–Crippen LogP) is 1.71. The zero-order valence-electron chi connectivity index (χ0n) is 17.2. The Balaban J connectivity index is 1.51. The van der Waals surface area contributed by atoms with Crippen LogP contribution in [0.2, 0.25) is 0 Å². The fourth-order valence-corrected chi connectivity index (χ4v) is 3.65. The van der Waals surface area contributed by atoms with Gasteiger partial charge in [-0.3, -0.25) is 9.69 Å². The topological polar surface area (TPSA) is 67.9 Å². The normalized spacial score (nSPS) is 21.2. The number of urea groups is 1. The Morgan fingerprint density at radius 2 is 1.69 bits per heavy atom. The fourth-order valence-electron chi connectivity index (χ4n) is 3.65. The first-order chi connectivity index (χ1) is 13.6. The molecular weight excluding hydrogens is 380 g/mol. The lowest BCUT2D eigenvalue weighted by Gasteiger charge is -2.43. The van der Waals surface area contributed by atoms with Crippen LogP contribution in [0.1, 0.15) is 20.8 Å². The number of carbonyl (C=O) groups is 2. The Labute approximate surface area is 170 Å². The number of nitrogens with zero attached hydrogens (tertiary/aromatic N) is 3. The second-order valence-electron chi connectivity index (χ2n) is 8.49. The van der Waals surface area contributed by atoms with Gasteiger partial charge in [-0.2, -0.15) is 0 Å². The van der Waals surface area contributed by atoms with Crippen molar-refractivity contribution in [1.29, 1.82) is 0 Å². The van der Waals surface area contributed by atoms with E-state index in [1.807, 2.05) is 0 Å². The maximum Gasteiger partial charge on any atom is 0.321 e. The van der Waals surface area contributed by atoms with Gasteiger partial charge in [0, 0.05) is 63.1 Å². The molecule has 2 heterocycles. The Kier molecular flexibility index (Phi) is 6.38. The van der Waals surface area contributed by atoms with Gasteiger partial charge in [-0.25, -0.2) is 13.6 Å². The summed E-state index contributed by atoms with van der Waals surface area (Å²) in [5.41, 5.74) is 0.207. The van der Waals surface area contributed by atoms with Gasteiger partial charge >= 0.3 is 6.03 Å². The van der Waals surface area contributed by atoms with Gasteiger partial charge in [-0.15, -0.1) is 0 Å². The molecule has 2 N–H and O–H groups in total. The van der Waals surface area contributed by atoms with Crippen LogP contribution < -0.4 is 10.6 Å². The zero-order valence-corrected chi connectivity index (χ0v) is 17.2. The third kappa shape index (κ3) is 5.22. The lowest BCUT2D eigenvalue weighted by molar-refractivity contribution is -0.136. The van der Waals surface area contributed by atoms with E-state index in [2.05, 4.69) is 36.3 Å². The van der Waals surface area contributed by atoms with Crippen molar-refractivity contribution < 1.29 is 18.4 Å². The lowest BCUT2D eigenvalue weighted by Crippen LogP contribution is -2.63. The van der Waals surface area contributed by atoms with E-state index in [-0.39, 0.29) is 23.2 Å². The van der Waals surface area contributed by atoms with Crippen LogP contribution in [0.25, 0.3) is 0 Å². The first-order valence-corrected chi connectivity index (χ1v) is 9.93. The van der Waals surface area contributed by atoms with E-state index >= 15 is 0 Å². The number of carbonyl (C=O) groups excluding carboxylic acids is 2. The number of anilines is 1. The second kappa shape index (κ2) is 8.62. The molecule has 0 aliphatic carbocycles. The molecule has 9 heteroatoms. The Morgan fingerprint density at radius 3 is 2.31 bits per heavy atom. The van der Waals surface area contributed by atoms with E-state index < -0.39 is 17.7 Å². The number of halogens is 2. The van der Waals surface area contributed by atoms with Crippen LogP contribution in [0.4, 0.5) is 19.3 Å². The van der Waals surface area contributed by atoms with Gasteiger partial charge in [-0.05, 0) is 32.9 Å². The van der Waals surface area contributed by atoms with E-state index in [0.717, 1.165) is 25.2 Å². The van der Waals surface area contributed by atoms with Crippen LogP contribution >= 0.6 is 0 Å². The van der Waals surface area contributed by atoms with Crippen molar-refractivity contribution >= 4 is 17.6 Å². The molecule has 0 radical (unpaired) electrons. The summed E-state index contributed by atoms with van der Waals surface area (Å²) in [5.74, 6) is -1.92. The first-order valence-electron chi connectivity index (χ1n) is 9.93. The summed E-state index contributed by atoms with van der Waals surface area (Å²) >= 11 is 0. The molecule has 7 nitrogen and oxygen atoms in total. The van der Waals surface area contributed by atoms with Crippen LogP contribution in [0, 0.1) is 11.6 Å². The highest BCUT2D eigenvalue weighted by Crippen LogP contribution is 2.17. The smallest absolute Gasteiger partial charge is 0.321 e. The average Bonchev–Trinajstić information content (AvgIpc) is 2.70. The number of hydrogen-bond donors (Lipinski definition) is 2. The molecule has 3 amide bonds. The summed E-state index contributed by atoms with van der Waals surface area (Å²) in [5, 5.41) is 5.87. The van der Waals surface area contributed by atoms with Gasteiger partial charge < -0.3 is 20.4 Å². The Morgan fingerprint density at radius 1 is 1.03 bits per heavy atom. The Hall–Kier alpha value is -2.26. The highest BCUT2D eigenvalue weighted by molar-refractivity contribution is 5.89. The van der Waals surface area contributed by atoms with Crippen molar-refractivity contribution in [3.05, 3.63) is 29.8 Å². The Bertz CT molecular complexity index is 760. The second-order valence-corrected chi connectivity index (χ2v) is 8.49. The minimum Gasteiger partial charge on any atom is -0.338 e. The van der Waals surface area contributed by atoms with Gasteiger partial charge in [0.15, 0.2) is 11.6 Å². The van der Waals surface area contributed by atoms with Gasteiger partial charge in [0.05, 0.1) is 6.04 Å². The predicted molar refractivity (Wildman–Crippen MR) is 107 cm³/mol. The molecule has 1 atom stereocenters. The average molecular weight is 409 g/mol. The number of benzene rings is 1. The third-order valence-electron chi connectivity index (χ3n) is 5.47. The molecule has 1 aromatic carbocycles. The minimum absolute atomic E-state index is 0.0112. The largest absolute Gasteiger partial charge is 0.338 e. The van der Waals surface area contributed by atoms with Crippen LogP contribution in [0.15, 0.2) is 18.2 Å². The molecule has 2 saturated heterocycles. The SMILES string of the molecule is CC(C)(C)N1CCN[C@@H](C(=O)N2CCN(C(=O)Nc3ccc(F)c(F)c3)CC2)C1. The number of rotatable bonds is 2. The summed E-state index contributed by atoms with van der Waals surface area (Å²) in [6.07, 6.45) is 0. The quantitative estimate of drug-likeness (QED) is 0.781. The highest BCUT2D eigenvalue weighted by Gasteiger charge is 2.34. The summed E-state index contributed by atoms with van der Waals surface area (Å²) in [4.78, 5) is 30.9. The molecule has 1 aromatic rings. The minimum atomic E-state index is -1.01.